The number of aromatic carboxylic acids is 1. The van der Waals surface area contributed by atoms with Crippen LogP contribution in [0.5, 0.6) is 0 Å². The number of carbonyl (C=O) groups excluding carboxylic acids is 1. The highest BCUT2D eigenvalue weighted by molar-refractivity contribution is 5.87. The Hall–Kier alpha value is -1.78. The van der Waals surface area contributed by atoms with Crippen LogP contribution in [0.4, 0.5) is 0 Å². The van der Waals surface area contributed by atoms with Crippen LogP contribution in [0.1, 0.15) is 37.7 Å². The minimum absolute atomic E-state index is 0.00500. The number of likely N-dealkylation sites (tertiary alicyclic amines) is 1. The molecule has 1 N–H and O–H groups in total. The van der Waals surface area contributed by atoms with Gasteiger partial charge >= 0.3 is 5.97 Å². The minimum atomic E-state index is -1.00. The lowest BCUT2D eigenvalue weighted by Crippen LogP contribution is -2.50. The first kappa shape index (κ1) is 14.6. The third kappa shape index (κ3) is 2.86. The molecule has 0 aromatic carbocycles. The average molecular weight is 278 g/mol. The summed E-state index contributed by atoms with van der Waals surface area (Å²) in [4.78, 5) is 25.4. The number of hydrogen-bond donors (Lipinski definition) is 1. The van der Waals surface area contributed by atoms with E-state index in [1.807, 2.05) is 4.90 Å². The van der Waals surface area contributed by atoms with Crippen molar-refractivity contribution >= 4 is 11.9 Å². The van der Waals surface area contributed by atoms with E-state index in [9.17, 15) is 9.59 Å². The van der Waals surface area contributed by atoms with Crippen LogP contribution >= 0.6 is 0 Å². The lowest BCUT2D eigenvalue weighted by molar-refractivity contribution is -0.137. The molecule has 1 aromatic heterocycles. The summed E-state index contributed by atoms with van der Waals surface area (Å²) in [6, 6.07) is 3.38. The molecule has 20 heavy (non-hydrogen) atoms. The zero-order valence-corrected chi connectivity index (χ0v) is 12.2. The molecule has 1 amide bonds. The van der Waals surface area contributed by atoms with Crippen molar-refractivity contribution in [1.82, 2.24) is 9.47 Å². The van der Waals surface area contributed by atoms with Gasteiger partial charge in [-0.25, -0.2) is 4.79 Å². The van der Waals surface area contributed by atoms with Crippen LogP contribution in [-0.4, -0.2) is 39.0 Å². The first-order valence-corrected chi connectivity index (χ1v) is 7.08. The molecule has 1 saturated heterocycles. The van der Waals surface area contributed by atoms with Gasteiger partial charge in [0.2, 0.25) is 5.91 Å². The number of carboxylic acid groups (broad SMARTS) is 1. The molecule has 1 fully saturated rings. The highest BCUT2D eigenvalue weighted by Crippen LogP contribution is 2.27. The van der Waals surface area contributed by atoms with E-state index >= 15 is 0 Å². The lowest BCUT2D eigenvalue weighted by Gasteiger charge is -2.41. The molecule has 1 aliphatic rings. The van der Waals surface area contributed by atoms with E-state index < -0.39 is 5.97 Å². The summed E-state index contributed by atoms with van der Waals surface area (Å²) in [5, 5.41) is 9.07. The fourth-order valence-electron chi connectivity index (χ4n) is 3.03. The second-order valence-electron chi connectivity index (χ2n) is 5.93. The number of rotatable bonds is 3. The largest absolute Gasteiger partial charge is 0.477 e. The molecule has 0 saturated carbocycles. The SMILES string of the molecule is CC1CC(C)C(C)N(C(=O)Cn2cccc2C(=O)O)C1. The van der Waals surface area contributed by atoms with Gasteiger partial charge in [0.15, 0.2) is 0 Å². The van der Waals surface area contributed by atoms with E-state index in [2.05, 4.69) is 20.8 Å². The van der Waals surface area contributed by atoms with Crippen molar-refractivity contribution in [3.05, 3.63) is 24.0 Å². The third-order valence-electron chi connectivity index (χ3n) is 4.27. The Morgan fingerprint density at radius 3 is 2.70 bits per heavy atom. The molecule has 0 spiro atoms. The van der Waals surface area contributed by atoms with Crippen LogP contribution in [0.15, 0.2) is 18.3 Å². The number of aromatic nitrogens is 1. The molecular weight excluding hydrogens is 256 g/mol. The first-order valence-electron chi connectivity index (χ1n) is 7.08. The maximum atomic E-state index is 12.5. The van der Waals surface area contributed by atoms with Gasteiger partial charge in [-0.2, -0.15) is 0 Å². The van der Waals surface area contributed by atoms with Crippen molar-refractivity contribution in [2.75, 3.05) is 6.54 Å². The van der Waals surface area contributed by atoms with Gasteiger partial charge in [0, 0.05) is 18.8 Å². The molecule has 2 heterocycles. The van der Waals surface area contributed by atoms with E-state index in [4.69, 9.17) is 5.11 Å². The Morgan fingerprint density at radius 2 is 2.05 bits per heavy atom. The van der Waals surface area contributed by atoms with Gasteiger partial charge in [-0.05, 0) is 37.3 Å². The van der Waals surface area contributed by atoms with Gasteiger partial charge in [0.25, 0.3) is 0 Å². The quantitative estimate of drug-likeness (QED) is 0.920. The van der Waals surface area contributed by atoms with Crippen LogP contribution in [-0.2, 0) is 11.3 Å². The van der Waals surface area contributed by atoms with Crippen molar-refractivity contribution in [3.63, 3.8) is 0 Å². The van der Waals surface area contributed by atoms with Crippen molar-refractivity contribution in [2.45, 2.75) is 39.8 Å². The molecule has 3 atom stereocenters. The van der Waals surface area contributed by atoms with Gasteiger partial charge in [-0.15, -0.1) is 0 Å². The van der Waals surface area contributed by atoms with E-state index in [0.29, 0.717) is 11.8 Å². The molecule has 3 unspecified atom stereocenters. The lowest BCUT2D eigenvalue weighted by atomic mass is 9.86. The normalized spacial score (nSPS) is 26.6. The number of hydrogen-bond acceptors (Lipinski definition) is 2. The third-order valence-corrected chi connectivity index (χ3v) is 4.27. The van der Waals surface area contributed by atoms with Crippen LogP contribution in [0.25, 0.3) is 0 Å². The summed E-state index contributed by atoms with van der Waals surface area (Å²) in [5.41, 5.74) is 0.157. The summed E-state index contributed by atoms with van der Waals surface area (Å²) in [6.07, 6.45) is 2.78. The predicted molar refractivity (Wildman–Crippen MR) is 75.5 cm³/mol. The van der Waals surface area contributed by atoms with E-state index in [-0.39, 0.29) is 24.2 Å². The second kappa shape index (κ2) is 5.69. The molecular formula is C15H22N2O3. The van der Waals surface area contributed by atoms with E-state index in [1.165, 1.54) is 10.6 Å². The second-order valence-corrected chi connectivity index (χ2v) is 5.93. The Kier molecular flexibility index (Phi) is 4.16. The summed E-state index contributed by atoms with van der Waals surface area (Å²) < 4.78 is 1.50. The minimum Gasteiger partial charge on any atom is -0.477 e. The highest BCUT2D eigenvalue weighted by Gasteiger charge is 2.32. The topological polar surface area (TPSA) is 62.5 Å². The van der Waals surface area contributed by atoms with Gasteiger partial charge in [0.05, 0.1) is 0 Å². The molecule has 5 heteroatoms. The first-order chi connectivity index (χ1) is 9.40. The monoisotopic (exact) mass is 278 g/mol. The van der Waals surface area contributed by atoms with Crippen molar-refractivity contribution in [1.29, 1.82) is 0 Å². The summed E-state index contributed by atoms with van der Waals surface area (Å²) >= 11 is 0. The number of nitrogens with zero attached hydrogens (tertiary/aromatic N) is 2. The Labute approximate surface area is 119 Å². The number of carbonyl (C=O) groups is 2. The molecule has 2 rings (SSSR count). The van der Waals surface area contributed by atoms with Gasteiger partial charge in [0.1, 0.15) is 12.2 Å². The maximum Gasteiger partial charge on any atom is 0.352 e. The fourth-order valence-corrected chi connectivity index (χ4v) is 3.03. The molecule has 0 bridgehead atoms. The number of carboxylic acids is 1. The predicted octanol–water partition coefficient (Wildman–Crippen LogP) is 2.08. The summed E-state index contributed by atoms with van der Waals surface area (Å²) in [6.45, 7) is 7.24. The molecule has 1 aliphatic heterocycles. The van der Waals surface area contributed by atoms with Crippen molar-refractivity contribution in [3.8, 4) is 0 Å². The fraction of sp³-hybridized carbons (Fsp3) is 0.600. The Balaban J connectivity index is 2.11. The van der Waals surface area contributed by atoms with Crippen LogP contribution in [0.3, 0.4) is 0 Å². The summed E-state index contributed by atoms with van der Waals surface area (Å²) in [5.74, 6) is -0.0362. The summed E-state index contributed by atoms with van der Waals surface area (Å²) in [7, 11) is 0. The molecule has 0 radical (unpaired) electrons. The van der Waals surface area contributed by atoms with Gasteiger partial charge < -0.3 is 14.6 Å². The molecule has 5 nitrogen and oxygen atoms in total. The van der Waals surface area contributed by atoms with Gasteiger partial charge in [-0.3, -0.25) is 4.79 Å². The zero-order chi connectivity index (χ0) is 14.9. The Morgan fingerprint density at radius 1 is 1.35 bits per heavy atom. The average Bonchev–Trinajstić information content (AvgIpc) is 2.81. The van der Waals surface area contributed by atoms with Crippen LogP contribution < -0.4 is 0 Å². The van der Waals surface area contributed by atoms with Crippen LogP contribution in [0, 0.1) is 11.8 Å². The highest BCUT2D eigenvalue weighted by atomic mass is 16.4. The van der Waals surface area contributed by atoms with Gasteiger partial charge in [-0.1, -0.05) is 13.8 Å². The molecule has 0 aliphatic carbocycles. The smallest absolute Gasteiger partial charge is 0.352 e. The van der Waals surface area contributed by atoms with Crippen molar-refractivity contribution in [2.24, 2.45) is 11.8 Å². The maximum absolute atomic E-state index is 12.5. The van der Waals surface area contributed by atoms with Crippen LogP contribution in [0.2, 0.25) is 0 Å². The molecule has 1 aromatic rings. The molecule has 110 valence electrons. The van der Waals surface area contributed by atoms with E-state index in [1.54, 1.807) is 12.3 Å². The van der Waals surface area contributed by atoms with Crippen molar-refractivity contribution < 1.29 is 14.7 Å². The van der Waals surface area contributed by atoms with E-state index in [0.717, 1.165) is 13.0 Å². The number of amides is 1. The zero-order valence-electron chi connectivity index (χ0n) is 12.2. The Bertz CT molecular complexity index is 509. The standard InChI is InChI=1S/C15H22N2O3/c1-10-7-11(2)12(3)17(8-10)14(18)9-16-6-4-5-13(16)15(19)20/h4-6,10-12H,7-9H2,1-3H3,(H,19,20). The number of piperidine rings is 1.